The van der Waals surface area contributed by atoms with Crippen LogP contribution in [0, 0.1) is 0 Å². The number of hydrogen-bond acceptors (Lipinski definition) is 2. The second kappa shape index (κ2) is 6.74. The summed E-state index contributed by atoms with van der Waals surface area (Å²) in [6, 6.07) is 3.94. The molecular formula is C10H15Br2ClN2. The van der Waals surface area contributed by atoms with Crippen molar-refractivity contribution in [3.8, 4) is 0 Å². The molecule has 1 aromatic carbocycles. The van der Waals surface area contributed by atoms with E-state index in [1.54, 1.807) is 0 Å². The monoisotopic (exact) mass is 356 g/mol. The third-order valence-corrected chi connectivity index (χ3v) is 3.24. The van der Waals surface area contributed by atoms with Crippen LogP contribution in [0.25, 0.3) is 0 Å². The number of hydrogen-bond donors (Lipinski definition) is 2. The molecule has 0 unspecified atom stereocenters. The van der Waals surface area contributed by atoms with Crippen LogP contribution in [0.5, 0.6) is 0 Å². The van der Waals surface area contributed by atoms with Gasteiger partial charge in [-0.3, -0.25) is 0 Å². The fourth-order valence-corrected chi connectivity index (χ4v) is 2.64. The van der Waals surface area contributed by atoms with Crippen LogP contribution in [0.3, 0.4) is 0 Å². The lowest BCUT2D eigenvalue weighted by Gasteiger charge is -2.15. The number of nitrogens with two attached hydrogens (primary N) is 2. The molecule has 0 radical (unpaired) electrons. The van der Waals surface area contributed by atoms with E-state index in [9.17, 15) is 0 Å². The Labute approximate surface area is 113 Å². The van der Waals surface area contributed by atoms with Gasteiger partial charge >= 0.3 is 0 Å². The zero-order chi connectivity index (χ0) is 10.7. The molecule has 0 heterocycles. The predicted molar refractivity (Wildman–Crippen MR) is 75.3 cm³/mol. The van der Waals surface area contributed by atoms with Crippen molar-refractivity contribution in [2.45, 2.75) is 25.8 Å². The largest absolute Gasteiger partial charge is 0.398 e. The first-order chi connectivity index (χ1) is 6.56. The normalized spacial score (nSPS) is 12.0. The van der Waals surface area contributed by atoms with Gasteiger partial charge in [-0.05, 0) is 40.0 Å². The first-order valence-corrected chi connectivity index (χ1v) is 6.14. The van der Waals surface area contributed by atoms with Crippen LogP contribution in [-0.2, 0) is 0 Å². The maximum atomic E-state index is 6.02. The fourth-order valence-electron chi connectivity index (χ4n) is 1.38. The Bertz CT molecular complexity index is 331. The molecule has 0 spiro atoms. The van der Waals surface area contributed by atoms with Gasteiger partial charge in [0.25, 0.3) is 0 Å². The topological polar surface area (TPSA) is 52.0 Å². The smallest absolute Gasteiger partial charge is 0.0507 e. The number of benzene rings is 1. The molecule has 0 amide bonds. The van der Waals surface area contributed by atoms with E-state index in [1.807, 2.05) is 12.1 Å². The van der Waals surface area contributed by atoms with Gasteiger partial charge in [0, 0.05) is 15.0 Å². The van der Waals surface area contributed by atoms with Crippen molar-refractivity contribution in [2.24, 2.45) is 5.73 Å². The Morgan fingerprint density at radius 3 is 2.47 bits per heavy atom. The lowest BCUT2D eigenvalue weighted by atomic mass is 10.0. The maximum Gasteiger partial charge on any atom is 0.0507 e. The van der Waals surface area contributed by atoms with Crippen molar-refractivity contribution in [3.63, 3.8) is 0 Å². The van der Waals surface area contributed by atoms with Crippen molar-refractivity contribution in [3.05, 3.63) is 26.6 Å². The van der Waals surface area contributed by atoms with Gasteiger partial charge in [0.15, 0.2) is 0 Å². The minimum absolute atomic E-state index is 0. The van der Waals surface area contributed by atoms with Crippen LogP contribution in [0.4, 0.5) is 5.69 Å². The Balaban J connectivity index is 0.00000196. The van der Waals surface area contributed by atoms with E-state index in [1.165, 1.54) is 0 Å². The van der Waals surface area contributed by atoms with Gasteiger partial charge < -0.3 is 11.5 Å². The minimum Gasteiger partial charge on any atom is -0.398 e. The summed E-state index contributed by atoms with van der Waals surface area (Å²) in [5.41, 5.74) is 13.7. The minimum atomic E-state index is 0. The molecule has 0 aliphatic carbocycles. The highest BCUT2D eigenvalue weighted by molar-refractivity contribution is 9.11. The lowest BCUT2D eigenvalue weighted by Crippen LogP contribution is -2.12. The second-order valence-corrected chi connectivity index (χ2v) is 5.06. The van der Waals surface area contributed by atoms with E-state index in [2.05, 4.69) is 38.8 Å². The molecule has 1 aromatic rings. The van der Waals surface area contributed by atoms with Gasteiger partial charge in [0.2, 0.25) is 0 Å². The van der Waals surface area contributed by atoms with E-state index in [4.69, 9.17) is 11.5 Å². The Kier molecular flexibility index (Phi) is 6.84. The van der Waals surface area contributed by atoms with Crippen molar-refractivity contribution in [2.75, 3.05) is 5.73 Å². The molecule has 0 saturated carbocycles. The van der Waals surface area contributed by atoms with E-state index >= 15 is 0 Å². The molecule has 86 valence electrons. The zero-order valence-corrected chi connectivity index (χ0v) is 12.5. The van der Waals surface area contributed by atoms with E-state index in [0.717, 1.165) is 33.0 Å². The van der Waals surface area contributed by atoms with Gasteiger partial charge in [-0.1, -0.05) is 29.3 Å². The quantitative estimate of drug-likeness (QED) is 0.802. The molecule has 0 aliphatic heterocycles. The standard InChI is InChI=1S/C10H14Br2N2.ClH/c1-2-3-9(13)7-4-6(11)5-8(12)10(7)14;/h4-5,9H,2-3,13-14H2,1H3;1H/t9-;/m1./s1. The van der Waals surface area contributed by atoms with E-state index < -0.39 is 0 Å². The first kappa shape index (κ1) is 15.2. The average Bonchev–Trinajstić information content (AvgIpc) is 2.11. The van der Waals surface area contributed by atoms with Crippen LogP contribution >= 0.6 is 44.3 Å². The summed E-state index contributed by atoms with van der Waals surface area (Å²) < 4.78 is 1.90. The van der Waals surface area contributed by atoms with Crippen molar-refractivity contribution in [1.29, 1.82) is 0 Å². The molecule has 5 heteroatoms. The first-order valence-electron chi connectivity index (χ1n) is 4.56. The Morgan fingerprint density at radius 1 is 1.33 bits per heavy atom. The maximum absolute atomic E-state index is 6.02. The molecule has 4 N–H and O–H groups in total. The molecule has 0 fully saturated rings. The van der Waals surface area contributed by atoms with Crippen LogP contribution in [0.1, 0.15) is 31.4 Å². The SMILES string of the molecule is CCC[C@@H](N)c1cc(Br)cc(Br)c1N.Cl. The molecular weight excluding hydrogens is 343 g/mol. The third kappa shape index (κ3) is 3.94. The van der Waals surface area contributed by atoms with Gasteiger partial charge in [-0.15, -0.1) is 12.4 Å². The zero-order valence-electron chi connectivity index (χ0n) is 8.47. The molecule has 1 rings (SSSR count). The molecule has 0 aromatic heterocycles. The lowest BCUT2D eigenvalue weighted by molar-refractivity contribution is 0.639. The third-order valence-electron chi connectivity index (χ3n) is 2.13. The average molecular weight is 359 g/mol. The van der Waals surface area contributed by atoms with E-state index in [0.29, 0.717) is 0 Å². The molecule has 2 nitrogen and oxygen atoms in total. The van der Waals surface area contributed by atoms with Crippen LogP contribution in [-0.4, -0.2) is 0 Å². The summed E-state index contributed by atoms with van der Waals surface area (Å²) in [6.45, 7) is 2.11. The highest BCUT2D eigenvalue weighted by Crippen LogP contribution is 2.32. The number of rotatable bonds is 3. The van der Waals surface area contributed by atoms with Crippen molar-refractivity contribution < 1.29 is 0 Å². The summed E-state index contributed by atoms with van der Waals surface area (Å²) in [7, 11) is 0. The van der Waals surface area contributed by atoms with Gasteiger partial charge in [0.05, 0.1) is 5.69 Å². The van der Waals surface area contributed by atoms with Gasteiger partial charge in [-0.2, -0.15) is 0 Å². The molecule has 1 atom stereocenters. The van der Waals surface area contributed by atoms with Gasteiger partial charge in [0.1, 0.15) is 0 Å². The highest BCUT2D eigenvalue weighted by Gasteiger charge is 2.11. The number of nitrogen functional groups attached to an aromatic ring is 1. The predicted octanol–water partition coefficient (Wildman–Crippen LogP) is 4.02. The molecule has 0 bridgehead atoms. The number of anilines is 1. The van der Waals surface area contributed by atoms with E-state index in [-0.39, 0.29) is 18.4 Å². The Morgan fingerprint density at radius 2 is 1.93 bits per heavy atom. The summed E-state index contributed by atoms with van der Waals surface area (Å²) in [5, 5.41) is 0. The summed E-state index contributed by atoms with van der Waals surface area (Å²) in [6.07, 6.45) is 2.01. The van der Waals surface area contributed by atoms with Crippen LogP contribution < -0.4 is 11.5 Å². The summed E-state index contributed by atoms with van der Waals surface area (Å²) in [4.78, 5) is 0. The highest BCUT2D eigenvalue weighted by atomic mass is 79.9. The second-order valence-electron chi connectivity index (χ2n) is 3.29. The Hall–Kier alpha value is 0.230. The van der Waals surface area contributed by atoms with Crippen LogP contribution in [0.15, 0.2) is 21.1 Å². The molecule has 0 aliphatic rings. The van der Waals surface area contributed by atoms with Crippen LogP contribution in [0.2, 0.25) is 0 Å². The van der Waals surface area contributed by atoms with Crippen molar-refractivity contribution in [1.82, 2.24) is 0 Å². The molecule has 0 saturated heterocycles. The van der Waals surface area contributed by atoms with Crippen molar-refractivity contribution >= 4 is 50.0 Å². The molecule has 15 heavy (non-hydrogen) atoms. The van der Waals surface area contributed by atoms with Gasteiger partial charge in [-0.25, -0.2) is 0 Å². The fraction of sp³-hybridized carbons (Fsp3) is 0.400. The summed E-state index contributed by atoms with van der Waals surface area (Å²) in [5.74, 6) is 0. The summed E-state index contributed by atoms with van der Waals surface area (Å²) >= 11 is 6.83. The number of halogens is 3.